The van der Waals surface area contributed by atoms with Crippen LogP contribution in [0.4, 0.5) is 0 Å². The fourth-order valence-corrected chi connectivity index (χ4v) is 1.31. The molecule has 0 bridgehead atoms. The maximum absolute atomic E-state index is 5.84. The first-order valence-electron chi connectivity index (χ1n) is 5.23. The third kappa shape index (κ3) is 3.04. The van der Waals surface area contributed by atoms with Gasteiger partial charge in [0.25, 0.3) is 0 Å². The summed E-state index contributed by atoms with van der Waals surface area (Å²) in [5.74, 6) is 0.927. The van der Waals surface area contributed by atoms with Crippen LogP contribution in [0.1, 0.15) is 38.3 Å². The summed E-state index contributed by atoms with van der Waals surface area (Å²) in [6, 6.07) is 8.01. The van der Waals surface area contributed by atoms with Gasteiger partial charge in [-0.2, -0.15) is 0 Å². The fraction of sp³-hybridized carbons (Fsp3) is 0.500. The van der Waals surface area contributed by atoms with Crippen molar-refractivity contribution in [1.82, 2.24) is 0 Å². The summed E-state index contributed by atoms with van der Waals surface area (Å²) >= 11 is 0. The van der Waals surface area contributed by atoms with Crippen molar-refractivity contribution in [1.29, 1.82) is 0 Å². The Labute approximate surface area is 86.1 Å². The Balaban J connectivity index is 2.64. The van der Waals surface area contributed by atoms with E-state index in [9.17, 15) is 0 Å². The van der Waals surface area contributed by atoms with Crippen LogP contribution in [0.5, 0.6) is 5.75 Å². The zero-order valence-electron chi connectivity index (χ0n) is 8.99. The summed E-state index contributed by atoms with van der Waals surface area (Å²) in [7, 11) is 0. The predicted octanol–water partition coefficient (Wildman–Crippen LogP) is 2.89. The molecule has 0 saturated heterocycles. The zero-order chi connectivity index (χ0) is 10.4. The van der Waals surface area contributed by atoms with Crippen LogP contribution in [-0.2, 0) is 0 Å². The van der Waals surface area contributed by atoms with Gasteiger partial charge in [-0.25, -0.2) is 0 Å². The van der Waals surface area contributed by atoms with Gasteiger partial charge >= 0.3 is 0 Å². The maximum Gasteiger partial charge on any atom is 0.124 e. The Morgan fingerprint density at radius 3 is 2.71 bits per heavy atom. The van der Waals surface area contributed by atoms with Crippen molar-refractivity contribution in [3.8, 4) is 5.75 Å². The van der Waals surface area contributed by atoms with E-state index in [4.69, 9.17) is 10.5 Å². The van der Waals surface area contributed by atoms with Crippen LogP contribution in [0.15, 0.2) is 24.3 Å². The van der Waals surface area contributed by atoms with Crippen molar-refractivity contribution in [3.63, 3.8) is 0 Å². The zero-order valence-corrected chi connectivity index (χ0v) is 8.99. The molecule has 0 aliphatic rings. The third-order valence-corrected chi connectivity index (χ3v) is 2.17. The highest BCUT2D eigenvalue weighted by Crippen LogP contribution is 2.23. The van der Waals surface area contributed by atoms with Crippen molar-refractivity contribution in [2.45, 2.75) is 32.7 Å². The van der Waals surface area contributed by atoms with Gasteiger partial charge in [-0.15, -0.1) is 0 Å². The Hall–Kier alpha value is -1.02. The van der Waals surface area contributed by atoms with Crippen molar-refractivity contribution < 1.29 is 4.74 Å². The molecule has 0 heterocycles. The number of hydrogen-bond donors (Lipinski definition) is 1. The fourth-order valence-electron chi connectivity index (χ4n) is 1.31. The van der Waals surface area contributed by atoms with E-state index < -0.39 is 0 Å². The summed E-state index contributed by atoms with van der Waals surface area (Å²) in [6.45, 7) is 4.91. The minimum absolute atomic E-state index is 0.0350. The molecule has 0 radical (unpaired) electrons. The van der Waals surface area contributed by atoms with Crippen LogP contribution in [0, 0.1) is 0 Å². The molecule has 0 aliphatic heterocycles. The maximum atomic E-state index is 5.84. The van der Waals surface area contributed by atoms with E-state index in [-0.39, 0.29) is 6.04 Å². The van der Waals surface area contributed by atoms with Crippen LogP contribution in [-0.4, -0.2) is 6.61 Å². The van der Waals surface area contributed by atoms with Crippen molar-refractivity contribution in [2.24, 2.45) is 5.73 Å². The minimum Gasteiger partial charge on any atom is -0.493 e. The topological polar surface area (TPSA) is 35.2 Å². The molecule has 2 N–H and O–H groups in total. The van der Waals surface area contributed by atoms with Gasteiger partial charge in [0.15, 0.2) is 0 Å². The number of rotatable bonds is 5. The SMILES string of the molecule is CCCCOc1ccccc1[C@@H](C)N. The highest BCUT2D eigenvalue weighted by molar-refractivity contribution is 5.35. The molecule has 0 aromatic heterocycles. The van der Waals surface area contributed by atoms with Crippen LogP contribution in [0.2, 0.25) is 0 Å². The molecule has 78 valence electrons. The second-order valence-electron chi connectivity index (χ2n) is 3.53. The molecule has 0 saturated carbocycles. The summed E-state index contributed by atoms with van der Waals surface area (Å²) in [5.41, 5.74) is 6.93. The highest BCUT2D eigenvalue weighted by Gasteiger charge is 2.05. The number of unbranched alkanes of at least 4 members (excludes halogenated alkanes) is 1. The van der Waals surface area contributed by atoms with E-state index in [1.54, 1.807) is 0 Å². The molecule has 1 aromatic rings. The first-order chi connectivity index (χ1) is 6.75. The highest BCUT2D eigenvalue weighted by atomic mass is 16.5. The second-order valence-corrected chi connectivity index (χ2v) is 3.53. The minimum atomic E-state index is 0.0350. The molecular formula is C12H19NO. The average molecular weight is 193 g/mol. The Kier molecular flexibility index (Phi) is 4.47. The molecule has 1 aromatic carbocycles. The summed E-state index contributed by atoms with van der Waals surface area (Å²) < 4.78 is 5.66. The smallest absolute Gasteiger partial charge is 0.124 e. The lowest BCUT2D eigenvalue weighted by molar-refractivity contribution is 0.305. The van der Waals surface area contributed by atoms with E-state index in [2.05, 4.69) is 6.92 Å². The van der Waals surface area contributed by atoms with E-state index in [0.717, 1.165) is 30.8 Å². The van der Waals surface area contributed by atoms with E-state index in [0.29, 0.717) is 0 Å². The molecule has 1 rings (SSSR count). The van der Waals surface area contributed by atoms with E-state index >= 15 is 0 Å². The molecular weight excluding hydrogens is 174 g/mol. The molecule has 1 atom stereocenters. The molecule has 0 fully saturated rings. The standard InChI is InChI=1S/C12H19NO/c1-3-4-9-14-12-8-6-5-7-11(12)10(2)13/h5-8,10H,3-4,9,13H2,1-2H3/t10-/m1/s1. The summed E-state index contributed by atoms with van der Waals surface area (Å²) in [5, 5.41) is 0. The number of nitrogens with two attached hydrogens (primary N) is 1. The Morgan fingerprint density at radius 2 is 2.07 bits per heavy atom. The molecule has 2 heteroatoms. The summed E-state index contributed by atoms with van der Waals surface area (Å²) in [6.07, 6.45) is 2.24. The second kappa shape index (κ2) is 5.66. The summed E-state index contributed by atoms with van der Waals surface area (Å²) in [4.78, 5) is 0. The van der Waals surface area contributed by atoms with Gasteiger partial charge in [0.1, 0.15) is 5.75 Å². The molecule has 0 aliphatic carbocycles. The number of ether oxygens (including phenoxy) is 1. The van der Waals surface area contributed by atoms with E-state index in [1.807, 2.05) is 31.2 Å². The molecule has 0 amide bonds. The molecule has 14 heavy (non-hydrogen) atoms. The van der Waals surface area contributed by atoms with Crippen molar-refractivity contribution >= 4 is 0 Å². The monoisotopic (exact) mass is 193 g/mol. The Morgan fingerprint density at radius 1 is 1.36 bits per heavy atom. The van der Waals surface area contributed by atoms with Gasteiger partial charge in [0, 0.05) is 11.6 Å². The van der Waals surface area contributed by atoms with Gasteiger partial charge in [-0.1, -0.05) is 31.5 Å². The van der Waals surface area contributed by atoms with Gasteiger partial charge in [0.05, 0.1) is 6.61 Å². The normalized spacial score (nSPS) is 12.5. The van der Waals surface area contributed by atoms with Crippen LogP contribution >= 0.6 is 0 Å². The van der Waals surface area contributed by atoms with Gasteiger partial charge in [0.2, 0.25) is 0 Å². The molecule has 0 spiro atoms. The van der Waals surface area contributed by atoms with Crippen LogP contribution in [0.3, 0.4) is 0 Å². The van der Waals surface area contributed by atoms with Crippen LogP contribution in [0.25, 0.3) is 0 Å². The lowest BCUT2D eigenvalue weighted by Gasteiger charge is -2.13. The largest absolute Gasteiger partial charge is 0.493 e. The average Bonchev–Trinajstić information content (AvgIpc) is 2.19. The lowest BCUT2D eigenvalue weighted by Crippen LogP contribution is -2.08. The third-order valence-electron chi connectivity index (χ3n) is 2.17. The van der Waals surface area contributed by atoms with Crippen LogP contribution < -0.4 is 10.5 Å². The number of para-hydroxylation sites is 1. The van der Waals surface area contributed by atoms with Gasteiger partial charge in [-0.05, 0) is 19.4 Å². The Bertz CT molecular complexity index is 271. The van der Waals surface area contributed by atoms with E-state index in [1.165, 1.54) is 0 Å². The quantitative estimate of drug-likeness (QED) is 0.730. The number of benzene rings is 1. The predicted molar refractivity (Wildman–Crippen MR) is 59.4 cm³/mol. The lowest BCUT2D eigenvalue weighted by atomic mass is 10.1. The number of hydrogen-bond acceptors (Lipinski definition) is 2. The van der Waals surface area contributed by atoms with Crippen molar-refractivity contribution in [2.75, 3.05) is 6.61 Å². The van der Waals surface area contributed by atoms with Crippen molar-refractivity contribution in [3.05, 3.63) is 29.8 Å². The molecule has 0 unspecified atom stereocenters. The van der Waals surface area contributed by atoms with Gasteiger partial charge < -0.3 is 10.5 Å². The first kappa shape index (κ1) is 11.1. The molecule has 2 nitrogen and oxygen atoms in total. The first-order valence-corrected chi connectivity index (χ1v) is 5.23. The van der Waals surface area contributed by atoms with Gasteiger partial charge in [-0.3, -0.25) is 0 Å².